The van der Waals surface area contributed by atoms with Gasteiger partial charge in [0.05, 0.1) is 0 Å². The Bertz CT molecular complexity index is 486. The summed E-state index contributed by atoms with van der Waals surface area (Å²) in [6.07, 6.45) is 2.96. The van der Waals surface area contributed by atoms with Crippen LogP contribution in [-0.4, -0.2) is 35.5 Å². The van der Waals surface area contributed by atoms with E-state index in [9.17, 15) is 9.59 Å². The van der Waals surface area contributed by atoms with Crippen LogP contribution >= 0.6 is 0 Å². The Kier molecular flexibility index (Phi) is 11.8. The van der Waals surface area contributed by atoms with Crippen molar-refractivity contribution in [1.82, 2.24) is 5.32 Å². The van der Waals surface area contributed by atoms with Crippen LogP contribution in [0, 0.1) is 0 Å². The number of Topliss-reactive ketones (excluding diaryl/α,β-unsaturated/α-hetero) is 1. The fourth-order valence-corrected chi connectivity index (χ4v) is 2.16. The molecule has 0 amide bonds. The number of carboxylic acids is 1. The third-order valence-electron chi connectivity index (χ3n) is 3.56. The zero-order chi connectivity index (χ0) is 18.5. The highest BCUT2D eigenvalue weighted by atomic mass is 16.4. The van der Waals surface area contributed by atoms with E-state index in [1.165, 1.54) is 0 Å². The minimum absolute atomic E-state index is 0.0885. The Balaban J connectivity index is 0.00000254. The molecule has 1 aromatic rings. The third kappa shape index (κ3) is 8.79. The van der Waals surface area contributed by atoms with E-state index in [2.05, 4.69) is 12.2 Å². The molecule has 0 saturated carbocycles. The maximum absolute atomic E-state index is 12.2. The average Bonchev–Trinajstić information content (AvgIpc) is 2.57. The summed E-state index contributed by atoms with van der Waals surface area (Å²) in [5.41, 5.74) is 6.97. The van der Waals surface area contributed by atoms with Crippen LogP contribution in [0.4, 0.5) is 0 Å². The zero-order valence-corrected chi connectivity index (χ0v) is 15.3. The van der Waals surface area contributed by atoms with E-state index in [-0.39, 0.29) is 18.2 Å². The van der Waals surface area contributed by atoms with Gasteiger partial charge < -0.3 is 16.2 Å². The normalized spacial score (nSPS) is 12.7. The summed E-state index contributed by atoms with van der Waals surface area (Å²) in [6.45, 7) is 9.07. The number of nitrogens with two attached hydrogens (primary N) is 1. The summed E-state index contributed by atoms with van der Waals surface area (Å²) in [4.78, 5) is 22.9. The van der Waals surface area contributed by atoms with Crippen LogP contribution in [0.25, 0.3) is 0 Å². The molecule has 0 radical (unpaired) electrons. The topological polar surface area (TPSA) is 92.4 Å². The van der Waals surface area contributed by atoms with Gasteiger partial charge in [-0.15, -0.1) is 0 Å². The predicted octanol–water partition coefficient (Wildman–Crippen LogP) is 3.02. The van der Waals surface area contributed by atoms with Crippen LogP contribution in [0.5, 0.6) is 0 Å². The molecule has 5 nitrogen and oxygen atoms in total. The summed E-state index contributed by atoms with van der Waals surface area (Å²) in [6, 6.07) is 6.26. The van der Waals surface area contributed by atoms with Crippen molar-refractivity contribution in [2.75, 3.05) is 6.54 Å². The van der Waals surface area contributed by atoms with E-state index >= 15 is 0 Å². The van der Waals surface area contributed by atoms with Gasteiger partial charge in [0.25, 0.3) is 0 Å². The molecule has 5 heteroatoms. The number of aliphatic carboxylic acids is 1. The maximum Gasteiger partial charge on any atom is 0.320 e. The van der Waals surface area contributed by atoms with Crippen molar-refractivity contribution in [3.63, 3.8) is 0 Å². The molecule has 1 rings (SSSR count). The summed E-state index contributed by atoms with van der Waals surface area (Å²) in [5.74, 6) is -0.933. The molecule has 2 unspecified atom stereocenters. The smallest absolute Gasteiger partial charge is 0.320 e. The van der Waals surface area contributed by atoms with Gasteiger partial charge in [-0.1, -0.05) is 51.5 Å². The summed E-state index contributed by atoms with van der Waals surface area (Å²) >= 11 is 0. The van der Waals surface area contributed by atoms with E-state index in [1.807, 2.05) is 20.8 Å². The van der Waals surface area contributed by atoms with Gasteiger partial charge in [-0.2, -0.15) is 0 Å². The van der Waals surface area contributed by atoms with Crippen molar-refractivity contribution in [3.8, 4) is 0 Å². The second kappa shape index (κ2) is 12.7. The summed E-state index contributed by atoms with van der Waals surface area (Å²) < 4.78 is 0. The van der Waals surface area contributed by atoms with Crippen LogP contribution in [-0.2, 0) is 11.2 Å². The molecule has 0 fully saturated rings. The molecule has 0 spiro atoms. The molecule has 0 bridgehead atoms. The first-order valence-electron chi connectivity index (χ1n) is 8.78. The maximum atomic E-state index is 12.2. The number of unbranched alkanes of at least 4 members (excludes halogenated alkanes) is 1. The highest BCUT2D eigenvalue weighted by molar-refractivity contribution is 5.96. The van der Waals surface area contributed by atoms with Crippen molar-refractivity contribution >= 4 is 11.8 Å². The van der Waals surface area contributed by atoms with Crippen LogP contribution in [0.3, 0.4) is 0 Å². The van der Waals surface area contributed by atoms with Crippen LogP contribution in [0.1, 0.15) is 62.9 Å². The number of nitrogens with one attached hydrogen (secondary N) is 1. The molecule has 0 aliphatic rings. The highest BCUT2D eigenvalue weighted by Gasteiger charge is 2.14. The van der Waals surface area contributed by atoms with Crippen molar-refractivity contribution in [3.05, 3.63) is 35.4 Å². The van der Waals surface area contributed by atoms with Gasteiger partial charge in [-0.3, -0.25) is 9.59 Å². The second-order valence-corrected chi connectivity index (χ2v) is 5.68. The van der Waals surface area contributed by atoms with Crippen LogP contribution in [0.2, 0.25) is 0 Å². The number of hydrogen-bond acceptors (Lipinski definition) is 4. The number of carbonyl (C=O) groups excluding carboxylic acids is 1. The average molecular weight is 336 g/mol. The Hall–Kier alpha value is -1.72. The lowest BCUT2D eigenvalue weighted by Crippen LogP contribution is -2.32. The number of rotatable bonds is 10. The van der Waals surface area contributed by atoms with E-state index in [1.54, 1.807) is 24.3 Å². The lowest BCUT2D eigenvalue weighted by atomic mass is 10.0. The first kappa shape index (κ1) is 22.3. The lowest BCUT2D eigenvalue weighted by molar-refractivity contribution is -0.138. The minimum atomic E-state index is -1.02. The summed E-state index contributed by atoms with van der Waals surface area (Å²) in [5, 5.41) is 12.1. The molecule has 0 saturated heterocycles. The first-order chi connectivity index (χ1) is 11.4. The van der Waals surface area contributed by atoms with Gasteiger partial charge in [0, 0.05) is 18.0 Å². The van der Waals surface area contributed by atoms with Gasteiger partial charge in [0.1, 0.15) is 6.04 Å². The van der Waals surface area contributed by atoms with Crippen LogP contribution < -0.4 is 11.1 Å². The highest BCUT2D eigenvalue weighted by Crippen LogP contribution is 2.10. The molecular formula is C19H32N2O3. The van der Waals surface area contributed by atoms with Gasteiger partial charge in [0.2, 0.25) is 0 Å². The summed E-state index contributed by atoms with van der Waals surface area (Å²) in [7, 11) is 0. The lowest BCUT2D eigenvalue weighted by Gasteiger charge is -2.13. The Labute approximate surface area is 145 Å². The quantitative estimate of drug-likeness (QED) is 0.451. The number of carbonyl (C=O) groups is 2. The molecule has 24 heavy (non-hydrogen) atoms. The minimum Gasteiger partial charge on any atom is -0.480 e. The standard InChI is InChI=1S/C17H26N2O3.C2H6/c1-3-4-9-19-12(2)10-16(20)14-7-5-13(6-8-14)11-15(18)17(21)22;1-2/h5-8,12,15,19H,3-4,9-11,18H2,1-2H3,(H,21,22);1-2H3. The van der Waals surface area contributed by atoms with E-state index < -0.39 is 12.0 Å². The molecule has 136 valence electrons. The van der Waals surface area contributed by atoms with Crippen molar-refractivity contribution < 1.29 is 14.7 Å². The van der Waals surface area contributed by atoms with Crippen molar-refractivity contribution in [1.29, 1.82) is 0 Å². The number of carboxylic acid groups (broad SMARTS) is 1. The van der Waals surface area contributed by atoms with Crippen molar-refractivity contribution in [2.24, 2.45) is 5.73 Å². The molecule has 4 N–H and O–H groups in total. The van der Waals surface area contributed by atoms with Gasteiger partial charge in [-0.25, -0.2) is 0 Å². The van der Waals surface area contributed by atoms with Gasteiger partial charge in [-0.05, 0) is 31.9 Å². The fraction of sp³-hybridized carbons (Fsp3) is 0.579. The zero-order valence-electron chi connectivity index (χ0n) is 15.3. The van der Waals surface area contributed by atoms with Crippen LogP contribution in [0.15, 0.2) is 24.3 Å². The van der Waals surface area contributed by atoms with E-state index in [0.29, 0.717) is 12.0 Å². The second-order valence-electron chi connectivity index (χ2n) is 5.68. The SMILES string of the molecule is CC.CCCCNC(C)CC(=O)c1ccc(CC(N)C(=O)O)cc1. The largest absolute Gasteiger partial charge is 0.480 e. The third-order valence-corrected chi connectivity index (χ3v) is 3.56. The number of hydrogen-bond donors (Lipinski definition) is 3. The predicted molar refractivity (Wildman–Crippen MR) is 98.4 cm³/mol. The Morgan fingerprint density at radius 2 is 1.79 bits per heavy atom. The first-order valence-corrected chi connectivity index (χ1v) is 8.78. The fourth-order valence-electron chi connectivity index (χ4n) is 2.16. The molecule has 1 aromatic carbocycles. The molecule has 0 aliphatic carbocycles. The molecule has 0 heterocycles. The van der Waals surface area contributed by atoms with E-state index in [4.69, 9.17) is 10.8 Å². The molecule has 2 atom stereocenters. The molecule has 0 aliphatic heterocycles. The van der Waals surface area contributed by atoms with Gasteiger partial charge in [0.15, 0.2) is 5.78 Å². The monoisotopic (exact) mass is 336 g/mol. The molecule has 0 aromatic heterocycles. The molecular weight excluding hydrogens is 304 g/mol. The van der Waals surface area contributed by atoms with E-state index in [0.717, 1.165) is 24.9 Å². The Morgan fingerprint density at radius 1 is 1.21 bits per heavy atom. The Morgan fingerprint density at radius 3 is 2.29 bits per heavy atom. The van der Waals surface area contributed by atoms with Gasteiger partial charge >= 0.3 is 5.97 Å². The van der Waals surface area contributed by atoms with Crippen molar-refractivity contribution in [2.45, 2.75) is 65.5 Å². The number of benzene rings is 1. The number of ketones is 1.